The SMILES string of the molecule is COc1ncccc1NC(=O)N1CCC[C@H]1CCc1ccccn1. The smallest absolute Gasteiger partial charge is 0.322 e. The van der Waals surface area contributed by atoms with Gasteiger partial charge in [0.1, 0.15) is 5.69 Å². The molecule has 1 aliphatic heterocycles. The van der Waals surface area contributed by atoms with E-state index in [2.05, 4.69) is 15.3 Å². The fourth-order valence-electron chi connectivity index (χ4n) is 3.10. The molecule has 2 aromatic rings. The molecule has 0 aromatic carbocycles. The first-order chi connectivity index (χ1) is 11.8. The Kier molecular flexibility index (Phi) is 5.25. The molecule has 0 saturated carbocycles. The van der Waals surface area contributed by atoms with Gasteiger partial charge in [-0.3, -0.25) is 4.98 Å². The van der Waals surface area contributed by atoms with E-state index in [1.165, 1.54) is 0 Å². The van der Waals surface area contributed by atoms with Crippen molar-refractivity contribution in [1.29, 1.82) is 0 Å². The van der Waals surface area contributed by atoms with E-state index in [1.54, 1.807) is 25.4 Å². The van der Waals surface area contributed by atoms with Gasteiger partial charge in [0.05, 0.1) is 7.11 Å². The molecule has 0 bridgehead atoms. The van der Waals surface area contributed by atoms with Crippen LogP contribution in [0.4, 0.5) is 10.5 Å². The Balaban J connectivity index is 1.61. The zero-order valence-corrected chi connectivity index (χ0v) is 13.8. The standard InChI is InChI=1S/C18H22N4O2/c1-24-17-16(8-4-12-20-17)21-18(23)22-13-5-7-15(22)10-9-14-6-2-3-11-19-14/h2-4,6,8,11-12,15H,5,7,9-10,13H2,1H3,(H,21,23)/t15-/m0/s1. The molecule has 6 heteroatoms. The summed E-state index contributed by atoms with van der Waals surface area (Å²) >= 11 is 0. The van der Waals surface area contributed by atoms with Gasteiger partial charge >= 0.3 is 6.03 Å². The van der Waals surface area contributed by atoms with Crippen LogP contribution < -0.4 is 10.1 Å². The number of amides is 2. The minimum atomic E-state index is -0.0928. The number of ether oxygens (including phenoxy) is 1. The van der Waals surface area contributed by atoms with Crippen molar-refractivity contribution in [3.05, 3.63) is 48.4 Å². The number of hydrogen-bond donors (Lipinski definition) is 1. The number of aryl methyl sites for hydroxylation is 1. The molecule has 0 aliphatic carbocycles. The normalized spacial score (nSPS) is 16.9. The number of nitrogens with zero attached hydrogens (tertiary/aromatic N) is 3. The number of pyridine rings is 2. The summed E-state index contributed by atoms with van der Waals surface area (Å²) in [5.41, 5.74) is 1.67. The molecule has 2 amide bonds. The van der Waals surface area contributed by atoms with Gasteiger partial charge in [0.2, 0.25) is 5.88 Å². The third-order valence-electron chi connectivity index (χ3n) is 4.30. The van der Waals surface area contributed by atoms with Gasteiger partial charge in [0.15, 0.2) is 0 Å². The second-order valence-electron chi connectivity index (χ2n) is 5.84. The molecule has 3 rings (SSSR count). The molecule has 0 radical (unpaired) electrons. The summed E-state index contributed by atoms with van der Waals surface area (Å²) in [7, 11) is 1.55. The van der Waals surface area contributed by atoms with E-state index in [1.807, 2.05) is 29.3 Å². The molecule has 0 unspecified atom stereocenters. The summed E-state index contributed by atoms with van der Waals surface area (Å²) in [4.78, 5) is 23.0. The topological polar surface area (TPSA) is 67.3 Å². The Labute approximate surface area is 141 Å². The van der Waals surface area contributed by atoms with Gasteiger partial charge in [0, 0.05) is 30.7 Å². The molecule has 126 valence electrons. The van der Waals surface area contributed by atoms with E-state index < -0.39 is 0 Å². The number of urea groups is 1. The maximum atomic E-state index is 12.6. The largest absolute Gasteiger partial charge is 0.480 e. The summed E-state index contributed by atoms with van der Waals surface area (Å²) in [6.45, 7) is 0.779. The quantitative estimate of drug-likeness (QED) is 0.917. The van der Waals surface area contributed by atoms with E-state index in [0.29, 0.717) is 11.6 Å². The van der Waals surface area contributed by atoms with Gasteiger partial charge < -0.3 is 15.0 Å². The lowest BCUT2D eigenvalue weighted by atomic mass is 10.1. The molecule has 6 nitrogen and oxygen atoms in total. The molecule has 1 aliphatic rings. The summed E-state index contributed by atoms with van der Waals surface area (Å²) in [5, 5.41) is 2.92. The van der Waals surface area contributed by atoms with Crippen molar-refractivity contribution in [2.75, 3.05) is 19.0 Å². The number of anilines is 1. The molecule has 0 spiro atoms. The number of carbonyl (C=O) groups excluding carboxylic acids is 1. The summed E-state index contributed by atoms with van der Waals surface area (Å²) < 4.78 is 5.19. The number of carbonyl (C=O) groups is 1. The third-order valence-corrected chi connectivity index (χ3v) is 4.30. The van der Waals surface area contributed by atoms with Gasteiger partial charge in [-0.1, -0.05) is 6.07 Å². The molecular formula is C18H22N4O2. The number of rotatable bonds is 5. The number of aromatic nitrogens is 2. The van der Waals surface area contributed by atoms with Crippen molar-refractivity contribution in [3.63, 3.8) is 0 Å². The lowest BCUT2D eigenvalue weighted by Gasteiger charge is -2.25. The van der Waals surface area contributed by atoms with Crippen molar-refractivity contribution < 1.29 is 9.53 Å². The van der Waals surface area contributed by atoms with Crippen molar-refractivity contribution in [3.8, 4) is 5.88 Å². The number of methoxy groups -OCH3 is 1. The molecule has 1 N–H and O–H groups in total. The van der Waals surface area contributed by atoms with Gasteiger partial charge in [-0.05, 0) is 49.9 Å². The second-order valence-corrected chi connectivity index (χ2v) is 5.84. The van der Waals surface area contributed by atoms with E-state index >= 15 is 0 Å². The maximum absolute atomic E-state index is 12.6. The zero-order chi connectivity index (χ0) is 16.8. The van der Waals surface area contributed by atoms with Crippen molar-refractivity contribution in [2.45, 2.75) is 31.7 Å². The Bertz CT molecular complexity index is 678. The highest BCUT2D eigenvalue weighted by atomic mass is 16.5. The number of likely N-dealkylation sites (tertiary alicyclic amines) is 1. The van der Waals surface area contributed by atoms with Crippen LogP contribution in [0.5, 0.6) is 5.88 Å². The lowest BCUT2D eigenvalue weighted by Crippen LogP contribution is -2.39. The maximum Gasteiger partial charge on any atom is 0.322 e. The van der Waals surface area contributed by atoms with Crippen LogP contribution in [-0.4, -0.2) is 40.6 Å². The summed E-state index contributed by atoms with van der Waals surface area (Å²) in [6.07, 6.45) is 7.32. The van der Waals surface area contributed by atoms with Crippen LogP contribution in [0.1, 0.15) is 25.0 Å². The second kappa shape index (κ2) is 7.77. The molecule has 3 heterocycles. The van der Waals surface area contributed by atoms with E-state index in [4.69, 9.17) is 4.74 Å². The Morgan fingerprint density at radius 2 is 2.17 bits per heavy atom. The molecule has 1 saturated heterocycles. The van der Waals surface area contributed by atoms with E-state index in [-0.39, 0.29) is 12.1 Å². The highest BCUT2D eigenvalue weighted by molar-refractivity contribution is 5.90. The monoisotopic (exact) mass is 326 g/mol. The molecule has 1 fully saturated rings. The molecular weight excluding hydrogens is 304 g/mol. The minimum Gasteiger partial charge on any atom is -0.480 e. The summed E-state index contributed by atoms with van der Waals surface area (Å²) in [5.74, 6) is 0.426. The van der Waals surface area contributed by atoms with E-state index in [9.17, 15) is 4.79 Å². The van der Waals surface area contributed by atoms with Crippen LogP contribution in [-0.2, 0) is 6.42 Å². The zero-order valence-electron chi connectivity index (χ0n) is 13.8. The molecule has 24 heavy (non-hydrogen) atoms. The highest BCUT2D eigenvalue weighted by Gasteiger charge is 2.29. The minimum absolute atomic E-state index is 0.0928. The third kappa shape index (κ3) is 3.82. The van der Waals surface area contributed by atoms with Crippen LogP contribution in [0.15, 0.2) is 42.7 Å². The van der Waals surface area contributed by atoms with Crippen molar-refractivity contribution in [2.24, 2.45) is 0 Å². The first-order valence-electron chi connectivity index (χ1n) is 8.24. The average molecular weight is 326 g/mol. The van der Waals surface area contributed by atoms with Crippen LogP contribution in [0.25, 0.3) is 0 Å². The van der Waals surface area contributed by atoms with Gasteiger partial charge in [-0.15, -0.1) is 0 Å². The molecule has 2 aromatic heterocycles. The Hall–Kier alpha value is -2.63. The highest BCUT2D eigenvalue weighted by Crippen LogP contribution is 2.25. The fraction of sp³-hybridized carbons (Fsp3) is 0.389. The fourth-order valence-corrected chi connectivity index (χ4v) is 3.10. The summed E-state index contributed by atoms with van der Waals surface area (Å²) in [6, 6.07) is 9.67. The average Bonchev–Trinajstić information content (AvgIpc) is 3.10. The van der Waals surface area contributed by atoms with Gasteiger partial charge in [-0.25, -0.2) is 9.78 Å². The number of hydrogen-bond acceptors (Lipinski definition) is 4. The predicted molar refractivity (Wildman–Crippen MR) is 92.1 cm³/mol. The Morgan fingerprint density at radius 3 is 2.96 bits per heavy atom. The Morgan fingerprint density at radius 1 is 1.29 bits per heavy atom. The number of nitrogens with one attached hydrogen (secondary N) is 1. The van der Waals surface area contributed by atoms with Crippen LogP contribution >= 0.6 is 0 Å². The van der Waals surface area contributed by atoms with Crippen LogP contribution in [0.3, 0.4) is 0 Å². The van der Waals surface area contributed by atoms with Crippen LogP contribution in [0.2, 0.25) is 0 Å². The first kappa shape index (κ1) is 16.2. The predicted octanol–water partition coefficient (Wildman–Crippen LogP) is 3.11. The lowest BCUT2D eigenvalue weighted by molar-refractivity contribution is 0.203. The van der Waals surface area contributed by atoms with E-state index in [0.717, 1.165) is 37.9 Å². The first-order valence-corrected chi connectivity index (χ1v) is 8.24. The van der Waals surface area contributed by atoms with Crippen molar-refractivity contribution >= 4 is 11.7 Å². The van der Waals surface area contributed by atoms with Gasteiger partial charge in [-0.2, -0.15) is 0 Å². The van der Waals surface area contributed by atoms with Crippen LogP contribution in [0, 0.1) is 0 Å². The molecule has 1 atom stereocenters. The van der Waals surface area contributed by atoms with Crippen molar-refractivity contribution in [1.82, 2.24) is 14.9 Å². The van der Waals surface area contributed by atoms with Gasteiger partial charge in [0.25, 0.3) is 0 Å².